The van der Waals surface area contributed by atoms with Crippen LogP contribution in [0, 0.1) is 5.41 Å². The number of rotatable bonds is 7. The molecule has 5 heteroatoms. The summed E-state index contributed by atoms with van der Waals surface area (Å²) in [6.07, 6.45) is 2.30. The molecule has 1 aliphatic carbocycles. The van der Waals surface area contributed by atoms with Gasteiger partial charge in [-0.05, 0) is 26.2 Å². The molecule has 92 valence electrons. The average Bonchev–Trinajstić information content (AvgIpc) is 3.04. The van der Waals surface area contributed by atoms with Crippen LogP contribution in [0.3, 0.4) is 0 Å². The van der Waals surface area contributed by atoms with Crippen LogP contribution in [0.2, 0.25) is 0 Å². The minimum Gasteiger partial charge on any atom is -0.481 e. The third kappa shape index (κ3) is 3.48. The van der Waals surface area contributed by atoms with Gasteiger partial charge in [0, 0.05) is 12.6 Å². The minimum absolute atomic E-state index is 0.132. The van der Waals surface area contributed by atoms with E-state index in [0.29, 0.717) is 18.9 Å². The highest BCUT2D eigenvalue weighted by molar-refractivity contribution is 5.81. The first kappa shape index (κ1) is 13.0. The van der Waals surface area contributed by atoms with Gasteiger partial charge in [-0.3, -0.25) is 9.59 Å². The Labute approximate surface area is 95.6 Å². The van der Waals surface area contributed by atoms with Crippen LogP contribution in [0.5, 0.6) is 0 Å². The Morgan fingerprint density at radius 3 is 2.50 bits per heavy atom. The van der Waals surface area contributed by atoms with E-state index in [-0.39, 0.29) is 19.0 Å². The first-order chi connectivity index (χ1) is 7.50. The highest BCUT2D eigenvalue weighted by atomic mass is 16.4. The van der Waals surface area contributed by atoms with E-state index in [1.54, 1.807) is 0 Å². The second kappa shape index (κ2) is 5.30. The lowest BCUT2D eigenvalue weighted by atomic mass is 10.1. The Kier molecular flexibility index (Phi) is 4.29. The van der Waals surface area contributed by atoms with Gasteiger partial charge in [-0.15, -0.1) is 0 Å². The molecular formula is C11H20N2O3. The van der Waals surface area contributed by atoms with E-state index in [2.05, 4.69) is 10.6 Å². The summed E-state index contributed by atoms with van der Waals surface area (Å²) in [7, 11) is 0. The molecule has 0 bridgehead atoms. The normalized spacial score (nSPS) is 18.9. The number of nitrogens with one attached hydrogen (secondary N) is 2. The molecule has 0 saturated heterocycles. The average molecular weight is 228 g/mol. The van der Waals surface area contributed by atoms with Gasteiger partial charge in [0.25, 0.3) is 0 Å². The highest BCUT2D eigenvalue weighted by Gasteiger charge is 2.50. The predicted octanol–water partition coefficient (Wildman–Crippen LogP) is 0.355. The van der Waals surface area contributed by atoms with Crippen molar-refractivity contribution < 1.29 is 14.7 Å². The van der Waals surface area contributed by atoms with E-state index in [4.69, 9.17) is 5.11 Å². The Morgan fingerprint density at radius 1 is 1.44 bits per heavy atom. The number of aliphatic carboxylic acids is 1. The van der Waals surface area contributed by atoms with Gasteiger partial charge in [-0.25, -0.2) is 0 Å². The zero-order chi connectivity index (χ0) is 12.2. The molecule has 1 unspecified atom stereocenters. The SMILES string of the molecule is CCC(C)NCC(=O)NCC1(C(=O)O)CC1. The van der Waals surface area contributed by atoms with E-state index in [9.17, 15) is 9.59 Å². The first-order valence-corrected chi connectivity index (χ1v) is 5.73. The number of carbonyl (C=O) groups is 2. The summed E-state index contributed by atoms with van der Waals surface area (Å²) in [5, 5.41) is 14.6. The molecule has 1 amide bonds. The van der Waals surface area contributed by atoms with Crippen molar-refractivity contribution in [1.29, 1.82) is 0 Å². The maximum atomic E-state index is 11.4. The maximum absolute atomic E-state index is 11.4. The van der Waals surface area contributed by atoms with Crippen LogP contribution in [0.1, 0.15) is 33.1 Å². The molecule has 0 radical (unpaired) electrons. The summed E-state index contributed by atoms with van der Waals surface area (Å²) in [6, 6.07) is 0.306. The second-order valence-corrected chi connectivity index (χ2v) is 4.55. The zero-order valence-electron chi connectivity index (χ0n) is 9.88. The van der Waals surface area contributed by atoms with E-state index in [0.717, 1.165) is 6.42 Å². The third-order valence-electron chi connectivity index (χ3n) is 3.15. The summed E-state index contributed by atoms with van der Waals surface area (Å²) in [5.74, 6) is -0.935. The van der Waals surface area contributed by atoms with Crippen molar-refractivity contribution in [2.24, 2.45) is 5.41 Å². The van der Waals surface area contributed by atoms with Gasteiger partial charge in [0.05, 0.1) is 12.0 Å². The van der Waals surface area contributed by atoms with Crippen LogP contribution >= 0.6 is 0 Å². The Bertz CT molecular complexity index is 274. The molecule has 0 aromatic heterocycles. The van der Waals surface area contributed by atoms with Gasteiger partial charge < -0.3 is 15.7 Å². The lowest BCUT2D eigenvalue weighted by molar-refractivity contribution is -0.143. The maximum Gasteiger partial charge on any atom is 0.311 e. The monoisotopic (exact) mass is 228 g/mol. The number of carbonyl (C=O) groups excluding carboxylic acids is 1. The molecule has 16 heavy (non-hydrogen) atoms. The number of carboxylic acid groups (broad SMARTS) is 1. The fraction of sp³-hybridized carbons (Fsp3) is 0.818. The summed E-state index contributed by atoms with van der Waals surface area (Å²) in [4.78, 5) is 22.2. The predicted molar refractivity (Wildman–Crippen MR) is 60.1 cm³/mol. The van der Waals surface area contributed by atoms with Gasteiger partial charge >= 0.3 is 5.97 Å². The molecule has 3 N–H and O–H groups in total. The smallest absolute Gasteiger partial charge is 0.311 e. The van der Waals surface area contributed by atoms with Crippen molar-refractivity contribution in [1.82, 2.24) is 10.6 Å². The van der Waals surface area contributed by atoms with Crippen LogP contribution < -0.4 is 10.6 Å². The summed E-state index contributed by atoms with van der Waals surface area (Å²) in [5.41, 5.74) is -0.675. The Balaban J connectivity index is 2.18. The van der Waals surface area contributed by atoms with Gasteiger partial charge in [-0.1, -0.05) is 6.92 Å². The van der Waals surface area contributed by atoms with Crippen LogP contribution in [0.4, 0.5) is 0 Å². The fourth-order valence-electron chi connectivity index (χ4n) is 1.36. The summed E-state index contributed by atoms with van der Waals surface area (Å²) < 4.78 is 0. The van der Waals surface area contributed by atoms with E-state index < -0.39 is 11.4 Å². The molecule has 1 atom stereocenters. The Hall–Kier alpha value is -1.10. The van der Waals surface area contributed by atoms with E-state index in [1.807, 2.05) is 13.8 Å². The van der Waals surface area contributed by atoms with E-state index >= 15 is 0 Å². The van der Waals surface area contributed by atoms with Crippen molar-refractivity contribution >= 4 is 11.9 Å². The van der Waals surface area contributed by atoms with Gasteiger partial charge in [0.1, 0.15) is 0 Å². The largest absolute Gasteiger partial charge is 0.481 e. The second-order valence-electron chi connectivity index (χ2n) is 4.55. The molecule has 0 heterocycles. The molecule has 0 aliphatic heterocycles. The lowest BCUT2D eigenvalue weighted by Crippen LogP contribution is -2.41. The lowest BCUT2D eigenvalue weighted by Gasteiger charge is -2.13. The van der Waals surface area contributed by atoms with Crippen molar-refractivity contribution in [2.75, 3.05) is 13.1 Å². The molecule has 5 nitrogen and oxygen atoms in total. The van der Waals surface area contributed by atoms with Crippen LogP contribution in [-0.2, 0) is 9.59 Å². The van der Waals surface area contributed by atoms with Crippen LogP contribution in [0.25, 0.3) is 0 Å². The summed E-state index contributed by atoms with van der Waals surface area (Å²) in [6.45, 7) is 4.56. The van der Waals surface area contributed by atoms with Crippen molar-refractivity contribution in [3.63, 3.8) is 0 Å². The molecule has 1 aliphatic rings. The number of amides is 1. The Morgan fingerprint density at radius 2 is 2.06 bits per heavy atom. The van der Waals surface area contributed by atoms with Crippen LogP contribution in [-0.4, -0.2) is 36.1 Å². The number of carboxylic acids is 1. The molecular weight excluding hydrogens is 208 g/mol. The third-order valence-corrected chi connectivity index (χ3v) is 3.15. The quantitative estimate of drug-likeness (QED) is 0.587. The van der Waals surface area contributed by atoms with Crippen molar-refractivity contribution in [3.8, 4) is 0 Å². The fourth-order valence-corrected chi connectivity index (χ4v) is 1.36. The van der Waals surface area contributed by atoms with Gasteiger partial charge in [0.15, 0.2) is 0 Å². The van der Waals surface area contributed by atoms with E-state index in [1.165, 1.54) is 0 Å². The standard InChI is InChI=1S/C11H20N2O3/c1-3-8(2)12-6-9(14)13-7-11(4-5-11)10(15)16/h8,12H,3-7H2,1-2H3,(H,13,14)(H,15,16). The first-order valence-electron chi connectivity index (χ1n) is 5.73. The number of hydrogen-bond donors (Lipinski definition) is 3. The van der Waals surface area contributed by atoms with Crippen molar-refractivity contribution in [2.45, 2.75) is 39.2 Å². The summed E-state index contributed by atoms with van der Waals surface area (Å²) >= 11 is 0. The topological polar surface area (TPSA) is 78.4 Å². The van der Waals surface area contributed by atoms with Gasteiger partial charge in [-0.2, -0.15) is 0 Å². The molecule has 0 aromatic rings. The molecule has 0 aromatic carbocycles. The molecule has 1 saturated carbocycles. The minimum atomic E-state index is -0.803. The van der Waals surface area contributed by atoms with Crippen LogP contribution in [0.15, 0.2) is 0 Å². The number of hydrogen-bond acceptors (Lipinski definition) is 3. The van der Waals surface area contributed by atoms with Gasteiger partial charge in [0.2, 0.25) is 5.91 Å². The molecule has 0 spiro atoms. The molecule has 1 fully saturated rings. The zero-order valence-corrected chi connectivity index (χ0v) is 9.88. The highest BCUT2D eigenvalue weighted by Crippen LogP contribution is 2.45. The molecule has 1 rings (SSSR count). The van der Waals surface area contributed by atoms with Crippen molar-refractivity contribution in [3.05, 3.63) is 0 Å².